The average Bonchev–Trinajstić information content (AvgIpc) is 3.42. The minimum Gasteiger partial charge on any atom is -0.323 e. The summed E-state index contributed by atoms with van der Waals surface area (Å²) in [6.45, 7) is 0. The van der Waals surface area contributed by atoms with Crippen LogP contribution >= 0.6 is 11.6 Å². The summed E-state index contributed by atoms with van der Waals surface area (Å²) < 4.78 is 29.9. The molecule has 0 radical (unpaired) electrons. The first-order chi connectivity index (χ1) is 15.5. The van der Waals surface area contributed by atoms with Gasteiger partial charge in [-0.1, -0.05) is 18.2 Å². The maximum atomic E-state index is 13.2. The largest absolute Gasteiger partial charge is 0.323 e. The number of rotatable bonds is 5. The number of nitriles is 1. The van der Waals surface area contributed by atoms with Crippen molar-refractivity contribution in [1.29, 1.82) is 5.26 Å². The number of benzene rings is 1. The van der Waals surface area contributed by atoms with Crippen LogP contribution in [0.15, 0.2) is 53.7 Å². The fraction of sp³-hybridized carbons (Fsp3) is 0.348. The molecule has 3 aromatic heterocycles. The predicted octanol–water partition coefficient (Wildman–Crippen LogP) is 5.01. The van der Waals surface area contributed by atoms with E-state index in [0.717, 1.165) is 42.4 Å². The van der Waals surface area contributed by atoms with Crippen LogP contribution in [0.1, 0.15) is 44.0 Å². The van der Waals surface area contributed by atoms with E-state index in [0.29, 0.717) is 23.5 Å². The lowest BCUT2D eigenvalue weighted by atomic mass is 9.84. The highest BCUT2D eigenvalue weighted by Crippen LogP contribution is 2.38. The smallest absolute Gasteiger partial charge is 0.269 e. The molecule has 164 valence electrons. The SMILES string of the molecule is N#CC[C@H]1CC[C@@H](n2c(CCl)nc3cnc4c(ccn4S(=O)(=O)c4ccccc4)c32)CC1. The predicted molar refractivity (Wildman–Crippen MR) is 123 cm³/mol. The first-order valence-corrected chi connectivity index (χ1v) is 12.6. The number of alkyl halides is 1. The van der Waals surface area contributed by atoms with Crippen molar-refractivity contribution in [2.24, 2.45) is 5.92 Å². The molecule has 7 nitrogen and oxygen atoms in total. The van der Waals surface area contributed by atoms with E-state index in [2.05, 4.69) is 15.6 Å². The molecule has 32 heavy (non-hydrogen) atoms. The van der Waals surface area contributed by atoms with Crippen LogP contribution in [-0.4, -0.2) is 26.9 Å². The Bertz CT molecular complexity index is 1430. The molecule has 0 bridgehead atoms. The molecule has 0 atom stereocenters. The molecule has 1 aliphatic carbocycles. The quantitative estimate of drug-likeness (QED) is 0.385. The second kappa shape index (κ2) is 8.23. The Hall–Kier alpha value is -2.89. The molecule has 1 saturated carbocycles. The van der Waals surface area contributed by atoms with Gasteiger partial charge in [0.15, 0.2) is 5.65 Å². The van der Waals surface area contributed by atoms with Gasteiger partial charge in [0.1, 0.15) is 11.3 Å². The molecule has 0 saturated heterocycles. The van der Waals surface area contributed by atoms with Crippen LogP contribution < -0.4 is 0 Å². The molecule has 0 spiro atoms. The number of aromatic nitrogens is 4. The Morgan fingerprint density at radius 3 is 2.56 bits per heavy atom. The van der Waals surface area contributed by atoms with Crippen molar-refractivity contribution in [3.8, 4) is 6.07 Å². The third-order valence-corrected chi connectivity index (χ3v) is 8.30. The van der Waals surface area contributed by atoms with Crippen LogP contribution in [0.25, 0.3) is 22.1 Å². The molecule has 0 N–H and O–H groups in total. The summed E-state index contributed by atoms with van der Waals surface area (Å²) in [7, 11) is -3.77. The van der Waals surface area contributed by atoms with Crippen LogP contribution in [-0.2, 0) is 15.9 Å². The van der Waals surface area contributed by atoms with Gasteiger partial charge in [-0.3, -0.25) is 0 Å². The van der Waals surface area contributed by atoms with E-state index in [4.69, 9.17) is 21.8 Å². The second-order valence-electron chi connectivity index (χ2n) is 8.23. The monoisotopic (exact) mass is 467 g/mol. The molecule has 9 heteroatoms. The number of hydrogen-bond acceptors (Lipinski definition) is 5. The summed E-state index contributed by atoms with van der Waals surface area (Å²) in [6.07, 6.45) is 7.62. The summed E-state index contributed by atoms with van der Waals surface area (Å²) in [6, 6.07) is 12.6. The maximum absolute atomic E-state index is 13.2. The van der Waals surface area contributed by atoms with Gasteiger partial charge < -0.3 is 4.57 Å². The molecule has 1 aromatic carbocycles. The Kier molecular flexibility index (Phi) is 5.39. The zero-order valence-electron chi connectivity index (χ0n) is 17.4. The standard InChI is InChI=1S/C23H22ClN5O2S/c24-14-21-27-20-15-26-23-19(11-13-28(23)32(30,31)18-4-2-1-3-5-18)22(20)29(21)17-8-6-16(7-9-17)10-12-25/h1-5,11,13,15-17H,6-10,14H2/t16-,17+. The Labute approximate surface area is 191 Å². The van der Waals surface area contributed by atoms with Gasteiger partial charge in [0.2, 0.25) is 0 Å². The fourth-order valence-electron chi connectivity index (χ4n) is 4.82. The fourth-order valence-corrected chi connectivity index (χ4v) is 6.33. The highest BCUT2D eigenvalue weighted by atomic mass is 35.5. The average molecular weight is 468 g/mol. The molecule has 3 heterocycles. The van der Waals surface area contributed by atoms with E-state index in [1.807, 2.05) is 0 Å². The van der Waals surface area contributed by atoms with Gasteiger partial charge in [-0.2, -0.15) is 5.26 Å². The van der Waals surface area contributed by atoms with Crippen LogP contribution in [0.4, 0.5) is 0 Å². The lowest BCUT2D eigenvalue weighted by Gasteiger charge is -2.29. The van der Waals surface area contributed by atoms with Gasteiger partial charge >= 0.3 is 0 Å². The van der Waals surface area contributed by atoms with Gasteiger partial charge in [-0.15, -0.1) is 11.6 Å². The van der Waals surface area contributed by atoms with Crippen molar-refractivity contribution in [2.45, 2.75) is 48.9 Å². The molecule has 4 aromatic rings. The van der Waals surface area contributed by atoms with Gasteiger partial charge in [0, 0.05) is 24.0 Å². The van der Waals surface area contributed by atoms with Crippen LogP contribution in [0.5, 0.6) is 0 Å². The first kappa shape index (κ1) is 21.0. The van der Waals surface area contributed by atoms with Crippen molar-refractivity contribution in [1.82, 2.24) is 18.5 Å². The minimum absolute atomic E-state index is 0.211. The lowest BCUT2D eigenvalue weighted by molar-refractivity contribution is 0.279. The minimum atomic E-state index is -3.77. The third kappa shape index (κ3) is 3.37. The highest BCUT2D eigenvalue weighted by Gasteiger charge is 2.28. The van der Waals surface area contributed by atoms with E-state index in [-0.39, 0.29) is 16.8 Å². The van der Waals surface area contributed by atoms with Crippen LogP contribution in [0, 0.1) is 17.2 Å². The van der Waals surface area contributed by atoms with Gasteiger partial charge in [-0.05, 0) is 49.8 Å². The van der Waals surface area contributed by atoms with E-state index in [1.165, 1.54) is 3.97 Å². The summed E-state index contributed by atoms with van der Waals surface area (Å²) in [5, 5.41) is 9.76. The Balaban J connectivity index is 1.65. The van der Waals surface area contributed by atoms with E-state index < -0.39 is 10.0 Å². The zero-order valence-corrected chi connectivity index (χ0v) is 18.9. The van der Waals surface area contributed by atoms with E-state index in [1.54, 1.807) is 48.8 Å². The van der Waals surface area contributed by atoms with Crippen molar-refractivity contribution < 1.29 is 8.42 Å². The first-order valence-electron chi connectivity index (χ1n) is 10.6. The molecule has 1 fully saturated rings. The summed E-state index contributed by atoms with van der Waals surface area (Å²) in [4.78, 5) is 9.37. The van der Waals surface area contributed by atoms with Gasteiger partial charge in [0.05, 0.1) is 28.6 Å². The van der Waals surface area contributed by atoms with Gasteiger partial charge in [0.25, 0.3) is 10.0 Å². The summed E-state index contributed by atoms with van der Waals surface area (Å²) >= 11 is 6.26. The molecule has 5 rings (SSSR count). The molecule has 1 aliphatic rings. The van der Waals surface area contributed by atoms with Crippen molar-refractivity contribution >= 4 is 43.7 Å². The number of pyridine rings is 1. The van der Waals surface area contributed by atoms with Crippen LogP contribution in [0.3, 0.4) is 0 Å². The second-order valence-corrected chi connectivity index (χ2v) is 10.3. The Morgan fingerprint density at radius 2 is 1.88 bits per heavy atom. The number of fused-ring (bicyclic) bond motifs is 3. The van der Waals surface area contributed by atoms with E-state index in [9.17, 15) is 8.42 Å². The molecule has 0 unspecified atom stereocenters. The number of halogens is 1. The molecular weight excluding hydrogens is 446 g/mol. The summed E-state index contributed by atoms with van der Waals surface area (Å²) in [5.41, 5.74) is 1.96. The van der Waals surface area contributed by atoms with Gasteiger partial charge in [-0.25, -0.2) is 22.4 Å². The highest BCUT2D eigenvalue weighted by molar-refractivity contribution is 7.90. The normalized spacial score (nSPS) is 19.4. The topological polar surface area (TPSA) is 93.6 Å². The molecule has 0 aliphatic heterocycles. The molecule has 0 amide bonds. The summed E-state index contributed by atoms with van der Waals surface area (Å²) in [5.74, 6) is 1.46. The number of imidazole rings is 1. The van der Waals surface area contributed by atoms with Crippen molar-refractivity contribution in [2.75, 3.05) is 0 Å². The maximum Gasteiger partial charge on any atom is 0.269 e. The third-order valence-electron chi connectivity index (χ3n) is 6.38. The van der Waals surface area contributed by atoms with E-state index >= 15 is 0 Å². The lowest BCUT2D eigenvalue weighted by Crippen LogP contribution is -2.19. The van der Waals surface area contributed by atoms with Crippen molar-refractivity contribution in [3.05, 3.63) is 54.6 Å². The van der Waals surface area contributed by atoms with Crippen LogP contribution in [0.2, 0.25) is 0 Å². The Morgan fingerprint density at radius 1 is 1.12 bits per heavy atom. The van der Waals surface area contributed by atoms with Crippen molar-refractivity contribution in [3.63, 3.8) is 0 Å². The molecular formula is C23H22ClN5O2S. The zero-order chi connectivity index (χ0) is 22.3. The number of nitrogens with zero attached hydrogens (tertiary/aromatic N) is 5. The number of hydrogen-bond donors (Lipinski definition) is 0.